The van der Waals surface area contributed by atoms with Crippen molar-refractivity contribution in [3.63, 3.8) is 0 Å². The molecule has 0 amide bonds. The first kappa shape index (κ1) is 15.8. The van der Waals surface area contributed by atoms with E-state index in [2.05, 4.69) is 11.8 Å². The summed E-state index contributed by atoms with van der Waals surface area (Å²) in [4.78, 5) is 13.3. The fraction of sp³-hybridized carbons (Fsp3) is 0.929. The van der Waals surface area contributed by atoms with Crippen molar-refractivity contribution in [1.29, 1.82) is 0 Å². The SMILES string of the molecule is CCCCCCSCCN1CCCC(C(=O)O)C1. The summed E-state index contributed by atoms with van der Waals surface area (Å²) in [5, 5.41) is 9.02. The van der Waals surface area contributed by atoms with Crippen LogP contribution in [-0.2, 0) is 4.79 Å². The van der Waals surface area contributed by atoms with Crippen LogP contribution in [0.2, 0.25) is 0 Å². The molecular formula is C14H27NO2S. The van der Waals surface area contributed by atoms with Crippen LogP contribution in [-0.4, -0.2) is 47.1 Å². The normalized spacial score (nSPS) is 21.1. The van der Waals surface area contributed by atoms with Crippen molar-refractivity contribution in [2.24, 2.45) is 5.92 Å². The minimum Gasteiger partial charge on any atom is -0.481 e. The number of unbranched alkanes of at least 4 members (excludes halogenated alkanes) is 3. The summed E-state index contributed by atoms with van der Waals surface area (Å²) in [5.74, 6) is 1.66. The summed E-state index contributed by atoms with van der Waals surface area (Å²) in [5.41, 5.74) is 0. The number of carbonyl (C=O) groups is 1. The summed E-state index contributed by atoms with van der Waals surface area (Å²) >= 11 is 2.02. The van der Waals surface area contributed by atoms with Gasteiger partial charge in [0.15, 0.2) is 0 Å². The van der Waals surface area contributed by atoms with E-state index in [-0.39, 0.29) is 5.92 Å². The molecule has 1 unspecified atom stereocenters. The van der Waals surface area contributed by atoms with E-state index in [9.17, 15) is 4.79 Å². The van der Waals surface area contributed by atoms with Crippen molar-refractivity contribution >= 4 is 17.7 Å². The van der Waals surface area contributed by atoms with Gasteiger partial charge in [0.25, 0.3) is 0 Å². The van der Waals surface area contributed by atoms with Crippen LogP contribution in [0.5, 0.6) is 0 Å². The van der Waals surface area contributed by atoms with Crippen LogP contribution in [0.4, 0.5) is 0 Å². The Bertz CT molecular complexity index is 236. The second kappa shape index (κ2) is 9.68. The van der Waals surface area contributed by atoms with E-state index in [1.807, 2.05) is 11.8 Å². The summed E-state index contributed by atoms with van der Waals surface area (Å²) in [6.45, 7) is 5.14. The van der Waals surface area contributed by atoms with Crippen molar-refractivity contribution in [2.75, 3.05) is 31.1 Å². The molecule has 1 fully saturated rings. The van der Waals surface area contributed by atoms with Crippen molar-refractivity contribution in [3.05, 3.63) is 0 Å². The molecule has 0 saturated carbocycles. The van der Waals surface area contributed by atoms with Gasteiger partial charge < -0.3 is 10.0 Å². The molecule has 1 heterocycles. The van der Waals surface area contributed by atoms with E-state index in [1.54, 1.807) is 0 Å². The van der Waals surface area contributed by atoms with Gasteiger partial charge in [0.2, 0.25) is 0 Å². The number of hydrogen-bond donors (Lipinski definition) is 1. The van der Waals surface area contributed by atoms with Crippen molar-refractivity contribution < 1.29 is 9.90 Å². The Hall–Kier alpha value is -0.220. The van der Waals surface area contributed by atoms with E-state index < -0.39 is 5.97 Å². The highest BCUT2D eigenvalue weighted by Crippen LogP contribution is 2.17. The van der Waals surface area contributed by atoms with Gasteiger partial charge in [0, 0.05) is 18.8 Å². The Morgan fingerprint density at radius 2 is 2.17 bits per heavy atom. The number of thioether (sulfide) groups is 1. The van der Waals surface area contributed by atoms with Crippen molar-refractivity contribution in [3.8, 4) is 0 Å². The van der Waals surface area contributed by atoms with Gasteiger partial charge in [-0.05, 0) is 31.6 Å². The predicted molar refractivity (Wildman–Crippen MR) is 78.3 cm³/mol. The van der Waals surface area contributed by atoms with E-state index in [1.165, 1.54) is 31.4 Å². The van der Waals surface area contributed by atoms with E-state index >= 15 is 0 Å². The number of hydrogen-bond acceptors (Lipinski definition) is 3. The largest absolute Gasteiger partial charge is 0.481 e. The van der Waals surface area contributed by atoms with Crippen molar-refractivity contribution in [2.45, 2.75) is 45.4 Å². The minimum atomic E-state index is -0.619. The summed E-state index contributed by atoms with van der Waals surface area (Å²) in [6.07, 6.45) is 7.24. The monoisotopic (exact) mass is 273 g/mol. The topological polar surface area (TPSA) is 40.5 Å². The number of nitrogens with zero attached hydrogens (tertiary/aromatic N) is 1. The van der Waals surface area contributed by atoms with Crippen LogP contribution in [0.1, 0.15) is 45.4 Å². The standard InChI is InChI=1S/C14H27NO2S/c1-2-3-4-5-10-18-11-9-15-8-6-7-13(12-15)14(16)17/h13H,2-12H2,1H3,(H,16,17). The lowest BCUT2D eigenvalue weighted by molar-refractivity contribution is -0.143. The molecule has 4 heteroatoms. The van der Waals surface area contributed by atoms with Crippen LogP contribution in [0, 0.1) is 5.92 Å². The quantitative estimate of drug-likeness (QED) is 0.655. The first-order chi connectivity index (χ1) is 8.74. The highest BCUT2D eigenvalue weighted by Gasteiger charge is 2.24. The molecule has 0 spiro atoms. The maximum Gasteiger partial charge on any atom is 0.307 e. The van der Waals surface area contributed by atoms with Gasteiger partial charge in [-0.2, -0.15) is 11.8 Å². The minimum absolute atomic E-state index is 0.131. The number of rotatable bonds is 9. The van der Waals surface area contributed by atoms with Crippen LogP contribution in [0.25, 0.3) is 0 Å². The first-order valence-electron chi connectivity index (χ1n) is 7.27. The van der Waals surface area contributed by atoms with E-state index in [0.29, 0.717) is 0 Å². The van der Waals surface area contributed by atoms with Gasteiger partial charge in [-0.15, -0.1) is 0 Å². The maximum atomic E-state index is 10.9. The van der Waals surface area contributed by atoms with Crippen LogP contribution >= 0.6 is 11.8 Å². The molecule has 0 aromatic rings. The lowest BCUT2D eigenvalue weighted by Gasteiger charge is -2.30. The molecule has 1 atom stereocenters. The second-order valence-electron chi connectivity index (χ2n) is 5.15. The van der Waals surface area contributed by atoms with Gasteiger partial charge in [0.1, 0.15) is 0 Å². The average Bonchev–Trinajstić information content (AvgIpc) is 2.38. The highest BCUT2D eigenvalue weighted by atomic mass is 32.2. The molecule has 1 saturated heterocycles. The third-order valence-electron chi connectivity index (χ3n) is 3.55. The van der Waals surface area contributed by atoms with Crippen LogP contribution in [0.15, 0.2) is 0 Å². The van der Waals surface area contributed by atoms with Crippen LogP contribution in [0.3, 0.4) is 0 Å². The summed E-state index contributed by atoms with van der Waals surface area (Å²) < 4.78 is 0. The second-order valence-corrected chi connectivity index (χ2v) is 6.38. The third kappa shape index (κ3) is 6.64. The average molecular weight is 273 g/mol. The van der Waals surface area contributed by atoms with Crippen LogP contribution < -0.4 is 0 Å². The molecular weight excluding hydrogens is 246 g/mol. The third-order valence-corrected chi connectivity index (χ3v) is 4.60. The lowest BCUT2D eigenvalue weighted by atomic mass is 9.98. The number of likely N-dealkylation sites (tertiary alicyclic amines) is 1. The Balaban J connectivity index is 2.00. The fourth-order valence-electron chi connectivity index (χ4n) is 2.39. The molecule has 0 radical (unpaired) electrons. The van der Waals surface area contributed by atoms with Gasteiger partial charge in [-0.3, -0.25) is 4.79 Å². The molecule has 0 aliphatic carbocycles. The molecule has 1 N–H and O–H groups in total. The molecule has 3 nitrogen and oxygen atoms in total. The molecule has 0 aromatic carbocycles. The molecule has 106 valence electrons. The number of carboxylic acid groups (broad SMARTS) is 1. The Kier molecular flexibility index (Phi) is 8.51. The first-order valence-corrected chi connectivity index (χ1v) is 8.42. The van der Waals surface area contributed by atoms with Crippen molar-refractivity contribution in [1.82, 2.24) is 4.90 Å². The molecule has 1 aliphatic heterocycles. The zero-order valence-electron chi connectivity index (χ0n) is 11.6. The molecule has 1 rings (SSSR count). The van der Waals surface area contributed by atoms with E-state index in [4.69, 9.17) is 5.11 Å². The highest BCUT2D eigenvalue weighted by molar-refractivity contribution is 7.99. The fourth-order valence-corrected chi connectivity index (χ4v) is 3.39. The summed E-state index contributed by atoms with van der Waals surface area (Å²) in [7, 11) is 0. The molecule has 0 aromatic heterocycles. The molecule has 1 aliphatic rings. The number of piperidine rings is 1. The maximum absolute atomic E-state index is 10.9. The number of aliphatic carboxylic acids is 1. The van der Waals surface area contributed by atoms with Gasteiger partial charge in [0.05, 0.1) is 5.92 Å². The Morgan fingerprint density at radius 3 is 2.89 bits per heavy atom. The van der Waals surface area contributed by atoms with Gasteiger partial charge in [-0.1, -0.05) is 26.2 Å². The molecule has 18 heavy (non-hydrogen) atoms. The Labute approximate surface area is 115 Å². The summed E-state index contributed by atoms with van der Waals surface area (Å²) in [6, 6.07) is 0. The zero-order chi connectivity index (χ0) is 13.2. The lowest BCUT2D eigenvalue weighted by Crippen LogP contribution is -2.39. The van der Waals surface area contributed by atoms with Gasteiger partial charge in [-0.25, -0.2) is 0 Å². The Morgan fingerprint density at radius 1 is 1.33 bits per heavy atom. The molecule has 0 bridgehead atoms. The van der Waals surface area contributed by atoms with E-state index in [0.717, 1.165) is 38.2 Å². The predicted octanol–water partition coefficient (Wildman–Crippen LogP) is 3.10. The van der Waals surface area contributed by atoms with Gasteiger partial charge >= 0.3 is 5.97 Å². The smallest absolute Gasteiger partial charge is 0.307 e. The number of carboxylic acids is 1. The zero-order valence-corrected chi connectivity index (χ0v) is 12.4.